The van der Waals surface area contributed by atoms with Gasteiger partial charge in [-0.05, 0) is 56.5 Å². The van der Waals surface area contributed by atoms with Crippen molar-refractivity contribution in [2.75, 3.05) is 33.9 Å². The van der Waals surface area contributed by atoms with Crippen LogP contribution in [-0.2, 0) is 16.5 Å². The Balaban J connectivity index is 1.89. The van der Waals surface area contributed by atoms with Crippen molar-refractivity contribution in [3.05, 3.63) is 52.3 Å². The third-order valence-electron chi connectivity index (χ3n) is 5.99. The molecule has 3 rings (SSSR count). The zero-order valence-electron chi connectivity index (χ0n) is 19.3. The molecule has 0 N–H and O–H groups in total. The Morgan fingerprint density at radius 2 is 1.84 bits per heavy atom. The first-order valence-corrected chi connectivity index (χ1v) is 10.6. The average molecular weight is 443 g/mol. The molecule has 0 aliphatic carbocycles. The smallest absolute Gasteiger partial charge is 0.354 e. The lowest BCUT2D eigenvalue weighted by molar-refractivity contribution is 0.0506. The molecule has 1 aliphatic rings. The van der Waals surface area contributed by atoms with Gasteiger partial charge in [-0.3, -0.25) is 9.59 Å². The number of benzene rings is 1. The van der Waals surface area contributed by atoms with Crippen LogP contribution in [0.4, 0.5) is 0 Å². The van der Waals surface area contributed by atoms with E-state index in [9.17, 15) is 14.4 Å². The molecule has 1 unspecified atom stereocenters. The lowest BCUT2D eigenvalue weighted by Crippen LogP contribution is -2.41. The number of rotatable bonds is 8. The third kappa shape index (κ3) is 4.70. The Morgan fingerprint density at radius 1 is 1.16 bits per heavy atom. The fraction of sp³-hybridized carbons (Fsp3) is 0.458. The van der Waals surface area contributed by atoms with Crippen molar-refractivity contribution in [1.82, 2.24) is 9.47 Å². The van der Waals surface area contributed by atoms with Crippen molar-refractivity contribution < 1.29 is 28.6 Å². The van der Waals surface area contributed by atoms with Gasteiger partial charge in [-0.1, -0.05) is 0 Å². The highest BCUT2D eigenvalue weighted by atomic mass is 16.5. The lowest BCUT2D eigenvalue weighted by Gasteiger charge is -2.25. The number of carbonyl (C=O) groups is 3. The molecule has 8 nitrogen and oxygen atoms in total. The topological polar surface area (TPSA) is 87.1 Å². The molecule has 1 aromatic heterocycles. The van der Waals surface area contributed by atoms with Gasteiger partial charge < -0.3 is 23.7 Å². The quantitative estimate of drug-likeness (QED) is 0.462. The minimum Gasteiger partial charge on any atom is -0.497 e. The molecule has 0 saturated carbocycles. The fourth-order valence-corrected chi connectivity index (χ4v) is 4.20. The van der Waals surface area contributed by atoms with Crippen molar-refractivity contribution in [1.29, 1.82) is 0 Å². The maximum absolute atomic E-state index is 13.4. The van der Waals surface area contributed by atoms with Crippen molar-refractivity contribution in [2.24, 2.45) is 7.05 Å². The predicted molar refractivity (Wildman–Crippen MR) is 118 cm³/mol. The van der Waals surface area contributed by atoms with Gasteiger partial charge in [0.05, 0.1) is 26.9 Å². The molecule has 0 bridgehead atoms. The third-order valence-corrected chi connectivity index (χ3v) is 5.99. The summed E-state index contributed by atoms with van der Waals surface area (Å²) in [4.78, 5) is 40.4. The summed E-state index contributed by atoms with van der Waals surface area (Å²) in [7, 11) is 4.59. The molecule has 1 fully saturated rings. The number of aromatic nitrogens is 1. The number of ether oxygens (including phenoxy) is 3. The molecule has 0 radical (unpaired) electrons. The normalized spacial score (nSPS) is 15.5. The number of Topliss-reactive ketones (excluding diaryl/α,β-unsaturated/α-hetero) is 1. The van der Waals surface area contributed by atoms with Gasteiger partial charge >= 0.3 is 5.97 Å². The Morgan fingerprint density at radius 3 is 2.41 bits per heavy atom. The summed E-state index contributed by atoms with van der Waals surface area (Å²) in [5.74, 6) is -0.339. The highest BCUT2D eigenvalue weighted by Gasteiger charge is 2.29. The van der Waals surface area contributed by atoms with Crippen LogP contribution in [0, 0.1) is 13.8 Å². The minimum absolute atomic E-state index is 0.103. The van der Waals surface area contributed by atoms with Crippen LogP contribution in [0.15, 0.2) is 24.3 Å². The molecular formula is C24H30N2O6. The maximum Gasteiger partial charge on any atom is 0.354 e. The zero-order chi connectivity index (χ0) is 23.4. The van der Waals surface area contributed by atoms with E-state index in [1.54, 1.807) is 56.8 Å². The van der Waals surface area contributed by atoms with Gasteiger partial charge in [0, 0.05) is 37.0 Å². The largest absolute Gasteiger partial charge is 0.497 e. The van der Waals surface area contributed by atoms with Crippen molar-refractivity contribution in [3.63, 3.8) is 0 Å². The van der Waals surface area contributed by atoms with E-state index in [-0.39, 0.29) is 24.3 Å². The molecule has 2 heterocycles. The number of esters is 1. The molecule has 0 spiro atoms. The monoisotopic (exact) mass is 442 g/mol. The summed E-state index contributed by atoms with van der Waals surface area (Å²) in [5.41, 5.74) is 2.44. The van der Waals surface area contributed by atoms with Crippen LogP contribution in [0.1, 0.15) is 55.3 Å². The van der Waals surface area contributed by atoms with Gasteiger partial charge in [0.25, 0.3) is 5.91 Å². The van der Waals surface area contributed by atoms with Crippen LogP contribution in [0.25, 0.3) is 0 Å². The fourth-order valence-electron chi connectivity index (χ4n) is 4.20. The second-order valence-corrected chi connectivity index (χ2v) is 7.96. The second-order valence-electron chi connectivity index (χ2n) is 7.96. The number of methoxy groups -OCH3 is 2. The average Bonchev–Trinajstić information content (AvgIpc) is 3.38. The molecule has 172 valence electrons. The van der Waals surface area contributed by atoms with Crippen LogP contribution in [-0.4, -0.2) is 67.1 Å². The molecular weight excluding hydrogens is 412 g/mol. The first-order valence-electron chi connectivity index (χ1n) is 10.6. The Hall–Kier alpha value is -3.13. The number of amides is 1. The van der Waals surface area contributed by atoms with Crippen molar-refractivity contribution in [3.8, 4) is 5.75 Å². The van der Waals surface area contributed by atoms with E-state index in [1.165, 1.54) is 12.0 Å². The summed E-state index contributed by atoms with van der Waals surface area (Å²) < 4.78 is 17.4. The van der Waals surface area contributed by atoms with Crippen LogP contribution in [0.2, 0.25) is 0 Å². The molecule has 8 heteroatoms. The van der Waals surface area contributed by atoms with Gasteiger partial charge in [0.1, 0.15) is 11.4 Å². The molecule has 1 atom stereocenters. The molecule has 1 saturated heterocycles. The minimum atomic E-state index is -0.502. The highest BCUT2D eigenvalue weighted by molar-refractivity contribution is 6.06. The van der Waals surface area contributed by atoms with E-state index < -0.39 is 5.97 Å². The summed E-state index contributed by atoms with van der Waals surface area (Å²) >= 11 is 0. The number of nitrogens with zero attached hydrogens (tertiary/aromatic N) is 2. The first kappa shape index (κ1) is 23.5. The lowest BCUT2D eigenvalue weighted by atomic mass is 10.0. The zero-order valence-corrected chi connectivity index (χ0v) is 19.3. The van der Waals surface area contributed by atoms with E-state index in [0.29, 0.717) is 47.0 Å². The van der Waals surface area contributed by atoms with E-state index in [2.05, 4.69) is 0 Å². The van der Waals surface area contributed by atoms with Crippen LogP contribution in [0.3, 0.4) is 0 Å². The summed E-state index contributed by atoms with van der Waals surface area (Å²) in [6, 6.07) is 6.80. The van der Waals surface area contributed by atoms with E-state index in [4.69, 9.17) is 14.2 Å². The molecule has 1 amide bonds. The first-order chi connectivity index (χ1) is 15.3. The predicted octanol–water partition coefficient (Wildman–Crippen LogP) is 2.94. The van der Waals surface area contributed by atoms with Crippen molar-refractivity contribution in [2.45, 2.75) is 32.8 Å². The van der Waals surface area contributed by atoms with Gasteiger partial charge in [-0.15, -0.1) is 0 Å². The van der Waals surface area contributed by atoms with Gasteiger partial charge in [-0.25, -0.2) is 4.79 Å². The van der Waals surface area contributed by atoms with Gasteiger partial charge in [0.15, 0.2) is 5.78 Å². The number of ketones is 1. The number of hydrogen-bond acceptors (Lipinski definition) is 6. The van der Waals surface area contributed by atoms with Gasteiger partial charge in [0.2, 0.25) is 0 Å². The Bertz CT molecular complexity index is 1000. The number of hydrogen-bond donors (Lipinski definition) is 0. The molecule has 1 aromatic carbocycles. The van der Waals surface area contributed by atoms with Crippen LogP contribution >= 0.6 is 0 Å². The van der Waals surface area contributed by atoms with Crippen LogP contribution in [0.5, 0.6) is 5.75 Å². The van der Waals surface area contributed by atoms with Crippen LogP contribution < -0.4 is 4.74 Å². The summed E-state index contributed by atoms with van der Waals surface area (Å²) in [6.45, 7) is 4.37. The molecule has 2 aromatic rings. The van der Waals surface area contributed by atoms with E-state index >= 15 is 0 Å². The van der Waals surface area contributed by atoms with Gasteiger partial charge in [-0.2, -0.15) is 0 Å². The SMILES string of the molecule is COC(=O)c1c(C)c(C(=O)CN(CC2CCCO2)C(=O)c2ccc(OC)cc2)c(C)n1C. The second kappa shape index (κ2) is 9.99. The van der Waals surface area contributed by atoms with E-state index in [1.807, 2.05) is 0 Å². The van der Waals surface area contributed by atoms with Crippen molar-refractivity contribution >= 4 is 17.7 Å². The van der Waals surface area contributed by atoms with E-state index in [0.717, 1.165) is 12.8 Å². The summed E-state index contributed by atoms with van der Waals surface area (Å²) in [6.07, 6.45) is 1.67. The maximum atomic E-state index is 13.4. The highest BCUT2D eigenvalue weighted by Crippen LogP contribution is 2.24. The summed E-state index contributed by atoms with van der Waals surface area (Å²) in [5, 5.41) is 0. The molecule has 32 heavy (non-hydrogen) atoms. The Kier molecular flexibility index (Phi) is 7.35. The number of carbonyl (C=O) groups excluding carboxylic acids is 3. The molecule has 1 aliphatic heterocycles. The standard InChI is InChI=1S/C24H30N2O6/c1-15-21(16(2)25(3)22(15)24(29)31-5)20(27)14-26(13-19-7-6-12-32-19)23(28)17-8-10-18(30-4)11-9-17/h8-11,19H,6-7,12-14H2,1-5H3. The Labute approximate surface area is 188 Å².